The number of carbonyl (C=O) groups is 2. The van der Waals surface area contributed by atoms with Gasteiger partial charge in [-0.1, -0.05) is 55.7 Å². The Labute approximate surface area is 197 Å². The lowest BCUT2D eigenvalue weighted by molar-refractivity contribution is -0.117. The Morgan fingerprint density at radius 2 is 1.97 bits per heavy atom. The molecule has 1 aliphatic carbocycles. The first kappa shape index (κ1) is 22.9. The number of aryl methyl sites for hydroxylation is 1. The van der Waals surface area contributed by atoms with Gasteiger partial charge in [-0.2, -0.15) is 4.98 Å². The topological polar surface area (TPSA) is 110 Å². The molecule has 0 spiro atoms. The number of carbonyl (C=O) groups excluding carboxylic acids is 2. The molecule has 2 heterocycles. The molecule has 2 amide bonds. The van der Waals surface area contributed by atoms with Crippen molar-refractivity contribution in [2.75, 3.05) is 5.32 Å². The number of amides is 2. The van der Waals surface area contributed by atoms with E-state index in [4.69, 9.17) is 16.1 Å². The third kappa shape index (κ3) is 5.39. The van der Waals surface area contributed by atoms with Gasteiger partial charge in [-0.15, -0.1) is 0 Å². The second-order valence-electron chi connectivity index (χ2n) is 9.31. The Hall–Kier alpha value is -3.26. The number of nitrogens with zero attached hydrogens (tertiary/aromatic N) is 3. The Kier molecular flexibility index (Phi) is 6.21. The van der Waals surface area contributed by atoms with Gasteiger partial charge in [0.25, 0.3) is 11.7 Å². The highest BCUT2D eigenvalue weighted by molar-refractivity contribution is 6.33. The van der Waals surface area contributed by atoms with Crippen LogP contribution in [0.25, 0.3) is 11.1 Å². The van der Waals surface area contributed by atoms with Gasteiger partial charge < -0.3 is 15.2 Å². The van der Waals surface area contributed by atoms with Crippen molar-refractivity contribution in [1.29, 1.82) is 0 Å². The number of hydrogen-bond donors (Lipinski definition) is 2. The van der Waals surface area contributed by atoms with E-state index in [1.54, 1.807) is 12.3 Å². The molecule has 1 fully saturated rings. The zero-order valence-electron chi connectivity index (χ0n) is 19.0. The van der Waals surface area contributed by atoms with Crippen molar-refractivity contribution < 1.29 is 14.1 Å². The molecule has 9 heteroatoms. The Bertz CT molecular complexity index is 1210. The van der Waals surface area contributed by atoms with Crippen molar-refractivity contribution in [2.45, 2.75) is 52.5 Å². The highest BCUT2D eigenvalue weighted by Gasteiger charge is 2.30. The fourth-order valence-electron chi connectivity index (χ4n) is 3.24. The quantitative estimate of drug-likeness (QED) is 0.545. The van der Waals surface area contributed by atoms with Gasteiger partial charge >= 0.3 is 0 Å². The lowest BCUT2D eigenvalue weighted by Crippen LogP contribution is -2.24. The summed E-state index contributed by atoms with van der Waals surface area (Å²) in [4.78, 5) is 32.9. The minimum atomic E-state index is -0.397. The van der Waals surface area contributed by atoms with Crippen molar-refractivity contribution in [3.05, 3.63) is 58.3 Å². The van der Waals surface area contributed by atoms with E-state index >= 15 is 0 Å². The molecule has 0 bridgehead atoms. The zero-order valence-corrected chi connectivity index (χ0v) is 19.8. The molecule has 2 aromatic heterocycles. The van der Waals surface area contributed by atoms with Crippen LogP contribution in [-0.4, -0.2) is 26.9 Å². The monoisotopic (exact) mass is 467 g/mol. The Balaban J connectivity index is 1.45. The zero-order chi connectivity index (χ0) is 23.8. The van der Waals surface area contributed by atoms with Crippen LogP contribution in [0.15, 0.2) is 35.0 Å². The molecule has 1 saturated carbocycles. The molecule has 33 heavy (non-hydrogen) atoms. The molecule has 0 unspecified atom stereocenters. The van der Waals surface area contributed by atoms with Gasteiger partial charge in [0, 0.05) is 29.6 Å². The lowest BCUT2D eigenvalue weighted by atomic mass is 9.97. The molecular formula is C24H26ClN5O3. The van der Waals surface area contributed by atoms with Gasteiger partial charge in [0.1, 0.15) is 5.82 Å². The number of rotatable bonds is 6. The highest BCUT2D eigenvalue weighted by Crippen LogP contribution is 2.33. The number of pyridine rings is 1. The van der Waals surface area contributed by atoms with Crippen LogP contribution < -0.4 is 10.6 Å². The number of halogens is 1. The van der Waals surface area contributed by atoms with E-state index in [0.29, 0.717) is 23.3 Å². The molecular weight excluding hydrogens is 442 g/mol. The van der Waals surface area contributed by atoms with Gasteiger partial charge in [-0.05, 0) is 42.5 Å². The van der Waals surface area contributed by atoms with Crippen LogP contribution in [0.4, 0.5) is 5.82 Å². The Morgan fingerprint density at radius 1 is 1.21 bits per heavy atom. The molecule has 172 valence electrons. The van der Waals surface area contributed by atoms with E-state index in [2.05, 4.69) is 25.8 Å². The smallest absolute Gasteiger partial charge is 0.292 e. The molecule has 3 aromatic rings. The van der Waals surface area contributed by atoms with Crippen molar-refractivity contribution >= 4 is 29.2 Å². The normalized spacial score (nSPS) is 13.6. The SMILES string of the molecule is Cc1cc(-c2cc(NC(=O)C3CC3)ncc2Cl)ccc1CNC(=O)c1noc(C(C)(C)C)n1. The van der Waals surface area contributed by atoms with Crippen molar-refractivity contribution in [3.8, 4) is 11.1 Å². The summed E-state index contributed by atoms with van der Waals surface area (Å²) in [5, 5.41) is 9.95. The molecule has 1 aromatic carbocycles. The summed E-state index contributed by atoms with van der Waals surface area (Å²) in [6.45, 7) is 8.09. The first-order valence-electron chi connectivity index (χ1n) is 10.8. The maximum Gasteiger partial charge on any atom is 0.292 e. The second kappa shape index (κ2) is 8.94. The first-order chi connectivity index (χ1) is 15.6. The van der Waals surface area contributed by atoms with E-state index in [-0.39, 0.29) is 23.1 Å². The molecule has 1 aliphatic rings. The minimum Gasteiger partial charge on any atom is -0.345 e. The summed E-state index contributed by atoms with van der Waals surface area (Å²) in [5.74, 6) is 0.596. The fourth-order valence-corrected chi connectivity index (χ4v) is 3.45. The number of anilines is 1. The molecule has 0 aliphatic heterocycles. The predicted octanol–water partition coefficient (Wildman–Crippen LogP) is 4.67. The first-order valence-corrected chi connectivity index (χ1v) is 11.2. The van der Waals surface area contributed by atoms with Crippen LogP contribution in [0.5, 0.6) is 0 Å². The molecule has 4 rings (SSSR count). The van der Waals surface area contributed by atoms with Crippen LogP contribution in [0.3, 0.4) is 0 Å². The summed E-state index contributed by atoms with van der Waals surface area (Å²) in [6.07, 6.45) is 3.39. The second-order valence-corrected chi connectivity index (χ2v) is 9.72. The Morgan fingerprint density at radius 3 is 2.61 bits per heavy atom. The largest absolute Gasteiger partial charge is 0.345 e. The van der Waals surface area contributed by atoms with Gasteiger partial charge in [-0.3, -0.25) is 9.59 Å². The van der Waals surface area contributed by atoms with Crippen LogP contribution in [0.2, 0.25) is 5.02 Å². The lowest BCUT2D eigenvalue weighted by Gasteiger charge is -2.12. The highest BCUT2D eigenvalue weighted by atomic mass is 35.5. The van der Waals surface area contributed by atoms with E-state index in [9.17, 15) is 9.59 Å². The van der Waals surface area contributed by atoms with Crippen LogP contribution in [0.1, 0.15) is 61.2 Å². The number of benzene rings is 1. The summed E-state index contributed by atoms with van der Waals surface area (Å²) < 4.78 is 5.19. The number of aromatic nitrogens is 3. The minimum absolute atomic E-state index is 0.00531. The van der Waals surface area contributed by atoms with E-state index in [1.165, 1.54) is 0 Å². The molecule has 0 atom stereocenters. The maximum absolute atomic E-state index is 12.4. The van der Waals surface area contributed by atoms with Gasteiger partial charge in [0.15, 0.2) is 0 Å². The van der Waals surface area contributed by atoms with Crippen molar-refractivity contribution in [3.63, 3.8) is 0 Å². The summed E-state index contributed by atoms with van der Waals surface area (Å²) in [6, 6.07) is 7.62. The van der Waals surface area contributed by atoms with E-state index in [1.807, 2.05) is 45.9 Å². The van der Waals surface area contributed by atoms with Crippen LogP contribution >= 0.6 is 11.6 Å². The van der Waals surface area contributed by atoms with Crippen LogP contribution in [0, 0.1) is 12.8 Å². The molecule has 2 N–H and O–H groups in total. The van der Waals surface area contributed by atoms with Crippen molar-refractivity contribution in [2.24, 2.45) is 5.92 Å². The summed E-state index contributed by atoms with van der Waals surface area (Å²) in [5.41, 5.74) is 3.27. The fraction of sp³-hybridized carbons (Fsp3) is 0.375. The van der Waals surface area contributed by atoms with Gasteiger partial charge in [0.2, 0.25) is 11.8 Å². The number of nitrogens with one attached hydrogen (secondary N) is 2. The summed E-state index contributed by atoms with van der Waals surface area (Å²) >= 11 is 6.38. The van der Waals surface area contributed by atoms with E-state index in [0.717, 1.165) is 35.1 Å². The third-order valence-electron chi connectivity index (χ3n) is 5.42. The van der Waals surface area contributed by atoms with Gasteiger partial charge in [0.05, 0.1) is 5.02 Å². The number of hydrogen-bond acceptors (Lipinski definition) is 6. The molecule has 8 nitrogen and oxygen atoms in total. The van der Waals surface area contributed by atoms with Gasteiger partial charge in [-0.25, -0.2) is 4.98 Å². The molecule has 0 radical (unpaired) electrons. The average molecular weight is 468 g/mol. The van der Waals surface area contributed by atoms with Crippen LogP contribution in [-0.2, 0) is 16.8 Å². The summed E-state index contributed by atoms with van der Waals surface area (Å²) in [7, 11) is 0. The average Bonchev–Trinajstić information content (AvgIpc) is 3.49. The third-order valence-corrected chi connectivity index (χ3v) is 5.72. The van der Waals surface area contributed by atoms with Crippen molar-refractivity contribution in [1.82, 2.24) is 20.4 Å². The predicted molar refractivity (Wildman–Crippen MR) is 125 cm³/mol. The van der Waals surface area contributed by atoms with E-state index < -0.39 is 5.91 Å². The maximum atomic E-state index is 12.4. The standard InChI is InChI=1S/C24H26ClN5O3/c1-13-9-15(17-10-19(26-12-18(17)25)28-21(31)14-5-6-14)7-8-16(13)11-27-22(32)20-29-23(33-30-20)24(2,3)4/h7-10,12,14H,5-6,11H2,1-4H3,(H,27,32)(H,26,28,31). The molecule has 0 saturated heterocycles.